The van der Waals surface area contributed by atoms with Gasteiger partial charge in [-0.3, -0.25) is 9.69 Å². The fourth-order valence-electron chi connectivity index (χ4n) is 4.87. The van der Waals surface area contributed by atoms with Crippen LogP contribution in [0.15, 0.2) is 76.0 Å². The SMILES string of the molecule is Cc1ccc(C=CC(=O)Oc2ccc3c(=O)c(Oc4ccc(Cl)cc4)c(C(F)(F)F)oc3c2CN(CC(C)C)CC(C)C)cc1. The Balaban J connectivity index is 1.86. The van der Waals surface area contributed by atoms with E-state index >= 15 is 0 Å². The Bertz CT molecular complexity index is 1720. The molecule has 238 valence electrons. The number of benzene rings is 3. The Kier molecular flexibility index (Phi) is 10.8. The molecule has 0 saturated heterocycles. The molecular weight excluding hydrogens is 607 g/mol. The molecule has 0 aliphatic heterocycles. The van der Waals surface area contributed by atoms with Crippen LogP contribution in [0, 0.1) is 18.8 Å². The van der Waals surface area contributed by atoms with Gasteiger partial charge in [-0.15, -0.1) is 0 Å². The highest BCUT2D eigenvalue weighted by Crippen LogP contribution is 2.40. The number of rotatable bonds is 11. The highest BCUT2D eigenvalue weighted by molar-refractivity contribution is 6.30. The second-order valence-corrected chi connectivity index (χ2v) is 12.1. The van der Waals surface area contributed by atoms with Gasteiger partial charge in [0, 0.05) is 30.7 Å². The van der Waals surface area contributed by atoms with Gasteiger partial charge in [0.25, 0.3) is 5.76 Å². The van der Waals surface area contributed by atoms with Gasteiger partial charge in [0.05, 0.1) is 10.9 Å². The van der Waals surface area contributed by atoms with Crippen LogP contribution in [-0.2, 0) is 17.5 Å². The minimum atomic E-state index is -5.08. The Labute approximate surface area is 265 Å². The summed E-state index contributed by atoms with van der Waals surface area (Å²) in [5, 5.41) is 0.197. The number of ether oxygens (including phenoxy) is 2. The first-order valence-corrected chi connectivity index (χ1v) is 14.9. The Morgan fingerprint density at radius 3 is 2.16 bits per heavy atom. The van der Waals surface area contributed by atoms with E-state index < -0.39 is 29.1 Å². The van der Waals surface area contributed by atoms with Gasteiger partial charge in [0.1, 0.15) is 17.1 Å². The van der Waals surface area contributed by atoms with Crippen molar-refractivity contribution in [3.63, 3.8) is 0 Å². The van der Waals surface area contributed by atoms with E-state index in [1.54, 1.807) is 6.08 Å². The van der Waals surface area contributed by atoms with Crippen LogP contribution in [0.1, 0.15) is 50.1 Å². The zero-order valence-electron chi connectivity index (χ0n) is 25.7. The average Bonchev–Trinajstić information content (AvgIpc) is 2.95. The molecule has 6 nitrogen and oxygen atoms in total. The van der Waals surface area contributed by atoms with Crippen molar-refractivity contribution in [3.05, 3.63) is 104 Å². The maximum Gasteiger partial charge on any atom is 0.453 e. The molecule has 4 aromatic rings. The van der Waals surface area contributed by atoms with E-state index in [0.29, 0.717) is 18.1 Å². The van der Waals surface area contributed by atoms with E-state index in [0.717, 1.165) is 11.1 Å². The van der Waals surface area contributed by atoms with Crippen LogP contribution >= 0.6 is 11.6 Å². The second-order valence-electron chi connectivity index (χ2n) is 11.7. The summed E-state index contributed by atoms with van der Waals surface area (Å²) in [6.45, 7) is 11.3. The van der Waals surface area contributed by atoms with Crippen molar-refractivity contribution in [2.75, 3.05) is 13.1 Å². The first-order valence-electron chi connectivity index (χ1n) is 14.5. The molecule has 0 unspecified atom stereocenters. The van der Waals surface area contributed by atoms with Crippen LogP contribution < -0.4 is 14.9 Å². The summed E-state index contributed by atoms with van der Waals surface area (Å²) >= 11 is 5.90. The largest absolute Gasteiger partial charge is 0.453 e. The monoisotopic (exact) mass is 641 g/mol. The minimum Gasteiger partial charge on any atom is -0.449 e. The fraction of sp³-hybridized carbons (Fsp3) is 0.314. The van der Waals surface area contributed by atoms with E-state index in [-0.39, 0.29) is 46.4 Å². The van der Waals surface area contributed by atoms with E-state index in [1.165, 1.54) is 42.5 Å². The van der Waals surface area contributed by atoms with Gasteiger partial charge in [-0.25, -0.2) is 4.79 Å². The zero-order valence-corrected chi connectivity index (χ0v) is 26.5. The lowest BCUT2D eigenvalue weighted by molar-refractivity contribution is -0.154. The van der Waals surface area contributed by atoms with Gasteiger partial charge < -0.3 is 13.9 Å². The molecule has 0 saturated carbocycles. The normalized spacial score (nSPS) is 12.2. The molecule has 0 aliphatic rings. The van der Waals surface area contributed by atoms with Crippen molar-refractivity contribution >= 4 is 34.6 Å². The molecule has 0 aliphatic carbocycles. The third-order valence-corrected chi connectivity index (χ3v) is 6.95. The minimum absolute atomic E-state index is 0.0128. The standard InChI is InChI=1S/C35H35ClF3NO5/c1-21(2)18-40(19-22(3)4)20-28-29(44-30(41)17-10-24-8-6-23(5)7-9-24)16-15-27-31(42)33(34(35(37,38)39)45-32(27)28)43-26-13-11-25(36)12-14-26/h6-17,21-22H,18-20H2,1-5H3. The molecule has 0 radical (unpaired) electrons. The number of halogens is 4. The quantitative estimate of drug-likeness (QED) is 0.0924. The smallest absolute Gasteiger partial charge is 0.449 e. The number of aryl methyl sites for hydroxylation is 1. The molecule has 0 bridgehead atoms. The van der Waals surface area contributed by atoms with Gasteiger partial charge in [0.15, 0.2) is 0 Å². The zero-order chi connectivity index (χ0) is 32.9. The predicted molar refractivity (Wildman–Crippen MR) is 170 cm³/mol. The Morgan fingerprint density at radius 1 is 0.956 bits per heavy atom. The maximum atomic E-state index is 14.4. The summed E-state index contributed by atoms with van der Waals surface area (Å²) in [4.78, 5) is 28.6. The lowest BCUT2D eigenvalue weighted by atomic mass is 10.1. The van der Waals surface area contributed by atoms with Crippen LogP contribution in [0.3, 0.4) is 0 Å². The summed E-state index contributed by atoms with van der Waals surface area (Å²) < 4.78 is 59.9. The van der Waals surface area contributed by atoms with Crippen molar-refractivity contribution in [3.8, 4) is 17.2 Å². The van der Waals surface area contributed by atoms with E-state index in [9.17, 15) is 22.8 Å². The number of nitrogens with zero attached hydrogens (tertiary/aromatic N) is 1. The number of hydrogen-bond acceptors (Lipinski definition) is 6. The van der Waals surface area contributed by atoms with Crippen LogP contribution in [0.25, 0.3) is 17.0 Å². The highest BCUT2D eigenvalue weighted by atomic mass is 35.5. The van der Waals surface area contributed by atoms with Gasteiger partial charge in [-0.1, -0.05) is 69.1 Å². The number of carbonyl (C=O) groups is 1. The molecule has 10 heteroatoms. The van der Waals surface area contributed by atoms with Crippen LogP contribution in [0.5, 0.6) is 17.2 Å². The first kappa shape index (κ1) is 33.8. The van der Waals surface area contributed by atoms with E-state index in [2.05, 4.69) is 0 Å². The van der Waals surface area contributed by atoms with Crippen LogP contribution in [-0.4, -0.2) is 24.0 Å². The molecule has 1 aromatic heterocycles. The van der Waals surface area contributed by atoms with E-state index in [4.69, 9.17) is 25.5 Å². The third kappa shape index (κ3) is 8.99. The highest BCUT2D eigenvalue weighted by Gasteiger charge is 2.41. The second kappa shape index (κ2) is 14.3. The van der Waals surface area contributed by atoms with Gasteiger partial charge in [-0.2, -0.15) is 13.2 Å². The van der Waals surface area contributed by atoms with Crippen molar-refractivity contribution in [1.82, 2.24) is 4.90 Å². The van der Waals surface area contributed by atoms with Crippen LogP contribution in [0.4, 0.5) is 13.2 Å². The van der Waals surface area contributed by atoms with Gasteiger partial charge in [0.2, 0.25) is 11.2 Å². The number of hydrogen-bond donors (Lipinski definition) is 0. The molecule has 4 rings (SSSR count). The van der Waals surface area contributed by atoms with Crippen molar-refractivity contribution < 1.29 is 31.9 Å². The summed E-state index contributed by atoms with van der Waals surface area (Å²) in [7, 11) is 0. The summed E-state index contributed by atoms with van der Waals surface area (Å²) in [6.07, 6.45) is -2.26. The lowest BCUT2D eigenvalue weighted by Crippen LogP contribution is -2.31. The number of fused-ring (bicyclic) bond motifs is 1. The number of alkyl halides is 3. The molecule has 45 heavy (non-hydrogen) atoms. The molecule has 0 amide bonds. The molecule has 0 atom stereocenters. The maximum absolute atomic E-state index is 14.4. The fourth-order valence-corrected chi connectivity index (χ4v) is 4.99. The molecule has 3 aromatic carbocycles. The summed E-state index contributed by atoms with van der Waals surface area (Å²) in [5.74, 6) is -2.94. The lowest BCUT2D eigenvalue weighted by Gasteiger charge is -2.27. The Morgan fingerprint density at radius 2 is 1.58 bits per heavy atom. The molecule has 1 heterocycles. The number of carbonyl (C=O) groups excluding carboxylic acids is 1. The molecule has 0 spiro atoms. The van der Waals surface area contributed by atoms with Gasteiger partial charge >= 0.3 is 12.1 Å². The van der Waals surface area contributed by atoms with Crippen molar-refractivity contribution in [2.24, 2.45) is 11.8 Å². The van der Waals surface area contributed by atoms with E-state index in [1.807, 2.05) is 63.8 Å². The predicted octanol–water partition coefficient (Wildman–Crippen LogP) is 9.30. The van der Waals surface area contributed by atoms with Crippen molar-refractivity contribution in [2.45, 2.75) is 47.3 Å². The first-order chi connectivity index (χ1) is 21.2. The Hall–Kier alpha value is -4.08. The average molecular weight is 642 g/mol. The molecule has 0 fully saturated rings. The summed E-state index contributed by atoms with van der Waals surface area (Å²) in [6, 6.07) is 15.7. The molecular formula is C35H35ClF3NO5. The molecule has 0 N–H and O–H groups in total. The number of esters is 1. The van der Waals surface area contributed by atoms with Crippen LogP contribution in [0.2, 0.25) is 5.02 Å². The summed E-state index contributed by atoms with van der Waals surface area (Å²) in [5.41, 5.74) is 0.624. The van der Waals surface area contributed by atoms with Gasteiger partial charge in [-0.05, 0) is 66.8 Å². The topological polar surface area (TPSA) is 69.0 Å². The third-order valence-electron chi connectivity index (χ3n) is 6.70. The van der Waals surface area contributed by atoms with Crippen molar-refractivity contribution in [1.29, 1.82) is 0 Å².